The lowest BCUT2D eigenvalue weighted by Gasteiger charge is -2.18. The average Bonchev–Trinajstić information content (AvgIpc) is 2.83. The molecule has 2 heterocycles. The maximum atomic E-state index is 12.3. The van der Waals surface area contributed by atoms with Gasteiger partial charge < -0.3 is 20.1 Å². The van der Waals surface area contributed by atoms with Crippen molar-refractivity contribution in [3.8, 4) is 5.75 Å². The monoisotopic (exact) mass is 275 g/mol. The molecule has 0 saturated heterocycles. The molecule has 0 aromatic carbocycles. The molecule has 2 aromatic heterocycles. The first kappa shape index (κ1) is 14.1. The predicted octanol–water partition coefficient (Wildman–Crippen LogP) is 0.633. The number of hydrogen-bond donors (Lipinski definition) is 2. The molecule has 0 aliphatic rings. The number of aromatic hydroxyl groups is 1. The summed E-state index contributed by atoms with van der Waals surface area (Å²) in [6.45, 7) is 1.50. The Morgan fingerprint density at radius 3 is 2.75 bits per heavy atom. The number of amides is 1. The van der Waals surface area contributed by atoms with Crippen LogP contribution in [0.1, 0.15) is 17.3 Å². The first-order valence-corrected chi connectivity index (χ1v) is 6.24. The lowest BCUT2D eigenvalue weighted by atomic mass is 10.1. The zero-order valence-electron chi connectivity index (χ0n) is 11.4. The van der Waals surface area contributed by atoms with Crippen molar-refractivity contribution in [3.63, 3.8) is 0 Å². The fourth-order valence-corrected chi connectivity index (χ4v) is 2.10. The van der Waals surface area contributed by atoms with Crippen LogP contribution in [0.5, 0.6) is 5.75 Å². The predicted molar refractivity (Wildman–Crippen MR) is 74.7 cm³/mol. The minimum atomic E-state index is -0.646. The Labute approximate surface area is 116 Å². The number of carbonyl (C=O) groups excluding carboxylic acids is 2. The molecular formula is C14H17N3O3. The van der Waals surface area contributed by atoms with Crippen molar-refractivity contribution in [3.05, 3.63) is 36.2 Å². The van der Waals surface area contributed by atoms with Gasteiger partial charge in [0.05, 0.1) is 18.1 Å². The fourth-order valence-electron chi connectivity index (χ4n) is 2.10. The standard InChI is InChI=1S/C14H17N3O3/c1-9(15)14(20)16(2)8-12(19)10-5-7-17-6-3-4-11(18)13(10)17/h3-7,9,18H,8,15H2,1-2H3/t9-/m0/s1. The van der Waals surface area contributed by atoms with E-state index in [1.54, 1.807) is 35.9 Å². The molecule has 1 amide bonds. The van der Waals surface area contributed by atoms with Crippen molar-refractivity contribution in [2.75, 3.05) is 13.6 Å². The molecule has 0 aliphatic carbocycles. The summed E-state index contributed by atoms with van der Waals surface area (Å²) in [6.07, 6.45) is 3.43. The Bertz CT molecular complexity index is 661. The van der Waals surface area contributed by atoms with Gasteiger partial charge in [0.25, 0.3) is 0 Å². The zero-order chi connectivity index (χ0) is 14.9. The molecule has 0 spiro atoms. The minimum Gasteiger partial charge on any atom is -0.506 e. The van der Waals surface area contributed by atoms with Gasteiger partial charge >= 0.3 is 0 Å². The van der Waals surface area contributed by atoms with Crippen LogP contribution in [0.4, 0.5) is 0 Å². The van der Waals surface area contributed by atoms with Gasteiger partial charge in [-0.15, -0.1) is 0 Å². The molecule has 0 aliphatic heterocycles. The van der Waals surface area contributed by atoms with Gasteiger partial charge in [0.2, 0.25) is 5.91 Å². The van der Waals surface area contributed by atoms with Gasteiger partial charge in [-0.1, -0.05) is 0 Å². The molecule has 6 heteroatoms. The zero-order valence-corrected chi connectivity index (χ0v) is 11.4. The van der Waals surface area contributed by atoms with Crippen LogP contribution in [0.3, 0.4) is 0 Å². The highest BCUT2D eigenvalue weighted by atomic mass is 16.3. The quantitative estimate of drug-likeness (QED) is 0.801. The summed E-state index contributed by atoms with van der Waals surface area (Å²) in [5, 5.41) is 9.85. The Morgan fingerprint density at radius 1 is 1.40 bits per heavy atom. The van der Waals surface area contributed by atoms with Crippen LogP contribution < -0.4 is 5.73 Å². The summed E-state index contributed by atoms with van der Waals surface area (Å²) in [7, 11) is 1.53. The highest BCUT2D eigenvalue weighted by Crippen LogP contribution is 2.23. The number of ketones is 1. The second-order valence-corrected chi connectivity index (χ2v) is 4.78. The molecule has 0 radical (unpaired) electrons. The smallest absolute Gasteiger partial charge is 0.239 e. The summed E-state index contributed by atoms with van der Waals surface area (Å²) in [5.74, 6) is -0.515. The van der Waals surface area contributed by atoms with E-state index in [9.17, 15) is 14.7 Å². The lowest BCUT2D eigenvalue weighted by Crippen LogP contribution is -2.42. The van der Waals surface area contributed by atoms with Crippen LogP contribution in [0.15, 0.2) is 30.6 Å². The van der Waals surface area contributed by atoms with E-state index in [1.807, 2.05) is 0 Å². The van der Waals surface area contributed by atoms with Crippen LogP contribution in [-0.4, -0.2) is 45.7 Å². The van der Waals surface area contributed by atoms with Gasteiger partial charge in [0.15, 0.2) is 5.78 Å². The van der Waals surface area contributed by atoms with Crippen LogP contribution in [0.25, 0.3) is 5.52 Å². The summed E-state index contributed by atoms with van der Waals surface area (Å²) in [6, 6.07) is 4.18. The van der Waals surface area contributed by atoms with E-state index >= 15 is 0 Å². The molecule has 20 heavy (non-hydrogen) atoms. The fraction of sp³-hybridized carbons (Fsp3) is 0.286. The van der Waals surface area contributed by atoms with Crippen molar-refractivity contribution in [2.24, 2.45) is 5.73 Å². The number of hydrogen-bond acceptors (Lipinski definition) is 4. The highest BCUT2D eigenvalue weighted by molar-refractivity contribution is 6.06. The highest BCUT2D eigenvalue weighted by Gasteiger charge is 2.20. The molecule has 0 fully saturated rings. The van der Waals surface area contributed by atoms with Crippen molar-refractivity contribution in [2.45, 2.75) is 13.0 Å². The van der Waals surface area contributed by atoms with E-state index in [1.165, 1.54) is 18.0 Å². The van der Waals surface area contributed by atoms with Crippen molar-refractivity contribution in [1.29, 1.82) is 0 Å². The van der Waals surface area contributed by atoms with Crippen LogP contribution in [0.2, 0.25) is 0 Å². The molecule has 0 saturated carbocycles. The molecular weight excluding hydrogens is 258 g/mol. The molecule has 6 nitrogen and oxygen atoms in total. The normalized spacial score (nSPS) is 12.3. The minimum absolute atomic E-state index is 0.0297. The third kappa shape index (κ3) is 2.50. The van der Waals surface area contributed by atoms with Crippen molar-refractivity contribution in [1.82, 2.24) is 9.30 Å². The Morgan fingerprint density at radius 2 is 2.10 bits per heavy atom. The first-order chi connectivity index (χ1) is 9.41. The van der Waals surface area contributed by atoms with Gasteiger partial charge in [0, 0.05) is 25.0 Å². The second kappa shape index (κ2) is 5.34. The largest absolute Gasteiger partial charge is 0.506 e. The molecule has 2 rings (SSSR count). The summed E-state index contributed by atoms with van der Waals surface area (Å²) >= 11 is 0. The molecule has 2 aromatic rings. The molecule has 0 bridgehead atoms. The number of fused-ring (bicyclic) bond motifs is 1. The summed E-state index contributed by atoms with van der Waals surface area (Å²) in [5.41, 5.74) is 6.32. The number of pyridine rings is 1. The van der Waals surface area contributed by atoms with Crippen molar-refractivity contribution < 1.29 is 14.7 Å². The number of nitrogens with zero attached hydrogens (tertiary/aromatic N) is 2. The van der Waals surface area contributed by atoms with E-state index in [0.29, 0.717) is 11.1 Å². The average molecular weight is 275 g/mol. The van der Waals surface area contributed by atoms with Crippen LogP contribution in [-0.2, 0) is 4.79 Å². The number of nitrogens with two attached hydrogens (primary N) is 1. The SMILES string of the molecule is C[C@H](N)C(=O)N(C)CC(=O)c1ccn2cccc(O)c12. The third-order valence-electron chi connectivity index (χ3n) is 3.11. The van der Waals surface area contributed by atoms with E-state index in [0.717, 1.165) is 0 Å². The Hall–Kier alpha value is -2.34. The number of likely N-dealkylation sites (N-methyl/N-ethyl adjacent to an activating group) is 1. The number of Topliss-reactive ketones (excluding diaryl/α,β-unsaturated/α-hetero) is 1. The number of carbonyl (C=O) groups is 2. The van der Waals surface area contributed by atoms with Gasteiger partial charge in [-0.05, 0) is 25.1 Å². The van der Waals surface area contributed by atoms with Gasteiger partial charge in [0.1, 0.15) is 5.75 Å². The maximum Gasteiger partial charge on any atom is 0.239 e. The van der Waals surface area contributed by atoms with Crippen LogP contribution >= 0.6 is 0 Å². The topological polar surface area (TPSA) is 88.0 Å². The number of aromatic nitrogens is 1. The van der Waals surface area contributed by atoms with Crippen LogP contribution in [0, 0.1) is 0 Å². The van der Waals surface area contributed by atoms with Crippen molar-refractivity contribution >= 4 is 17.2 Å². The van der Waals surface area contributed by atoms with E-state index in [2.05, 4.69) is 0 Å². The van der Waals surface area contributed by atoms with Gasteiger partial charge in [-0.3, -0.25) is 9.59 Å². The first-order valence-electron chi connectivity index (χ1n) is 6.24. The summed E-state index contributed by atoms with van der Waals surface area (Å²) < 4.78 is 1.66. The second-order valence-electron chi connectivity index (χ2n) is 4.78. The van der Waals surface area contributed by atoms with Gasteiger partial charge in [-0.2, -0.15) is 0 Å². The Balaban J connectivity index is 2.26. The lowest BCUT2D eigenvalue weighted by molar-refractivity contribution is -0.130. The number of rotatable bonds is 4. The van der Waals surface area contributed by atoms with Gasteiger partial charge in [-0.25, -0.2) is 0 Å². The van der Waals surface area contributed by atoms with E-state index < -0.39 is 6.04 Å². The summed E-state index contributed by atoms with van der Waals surface area (Å²) in [4.78, 5) is 25.2. The molecule has 3 N–H and O–H groups in total. The third-order valence-corrected chi connectivity index (χ3v) is 3.11. The maximum absolute atomic E-state index is 12.3. The van der Waals surface area contributed by atoms with E-state index in [-0.39, 0.29) is 24.0 Å². The van der Waals surface area contributed by atoms with E-state index in [4.69, 9.17) is 5.73 Å². The Kier molecular flexibility index (Phi) is 3.76. The molecule has 0 unspecified atom stereocenters. The molecule has 106 valence electrons. The molecule has 1 atom stereocenters.